The summed E-state index contributed by atoms with van der Waals surface area (Å²) in [5.74, 6) is -0.870. The van der Waals surface area contributed by atoms with Crippen LogP contribution in [-0.4, -0.2) is 24.5 Å². The maximum Gasteiger partial charge on any atom is 0.239 e. The van der Waals surface area contributed by atoms with Crippen LogP contribution in [0.2, 0.25) is 0 Å². The molecule has 0 N–H and O–H groups in total. The minimum atomic E-state index is -1.64. The summed E-state index contributed by atoms with van der Waals surface area (Å²) in [5.41, 5.74) is -1.16. The maximum atomic E-state index is 14.8. The van der Waals surface area contributed by atoms with Gasteiger partial charge in [-0.1, -0.05) is 36.4 Å². The fraction of sp³-hybridized carbons (Fsp3) is 0.478. The first kappa shape index (κ1) is 19.8. The van der Waals surface area contributed by atoms with Crippen LogP contribution in [0.25, 0.3) is 10.8 Å². The molecule has 2 aromatic rings. The predicted octanol–water partition coefficient (Wildman–Crippen LogP) is 5.88. The van der Waals surface area contributed by atoms with E-state index in [9.17, 15) is 4.39 Å². The zero-order valence-corrected chi connectivity index (χ0v) is 17.0. The molecule has 0 bridgehead atoms. The van der Waals surface area contributed by atoms with Crippen LogP contribution in [0.4, 0.5) is 4.39 Å². The summed E-state index contributed by atoms with van der Waals surface area (Å²) < 4.78 is 33.0. The summed E-state index contributed by atoms with van der Waals surface area (Å²) >= 11 is 0. The van der Waals surface area contributed by atoms with E-state index in [1.807, 2.05) is 57.2 Å². The minimum Gasteiger partial charge on any atom is -0.459 e. The molecule has 0 saturated heterocycles. The van der Waals surface area contributed by atoms with Gasteiger partial charge in [-0.2, -0.15) is 0 Å². The van der Waals surface area contributed by atoms with Gasteiger partial charge in [0.05, 0.1) is 11.7 Å². The van der Waals surface area contributed by atoms with Crippen molar-refractivity contribution in [1.82, 2.24) is 0 Å². The number of benzene rings is 2. The average Bonchev–Trinajstić information content (AvgIpc) is 2.58. The van der Waals surface area contributed by atoms with Gasteiger partial charge in [-0.25, -0.2) is 4.39 Å². The van der Waals surface area contributed by atoms with E-state index in [0.717, 1.165) is 16.3 Å². The van der Waals surface area contributed by atoms with Crippen molar-refractivity contribution in [2.45, 2.75) is 64.2 Å². The quantitative estimate of drug-likeness (QED) is 0.671. The highest BCUT2D eigenvalue weighted by molar-refractivity contribution is 5.83. The standard InChI is InChI=1S/C23H29FO3/c1-21(2,3)26-19-14-20(22(4,5)24)27-23(15-19,25-6)18-12-11-16-9-7-8-10-17(16)13-18/h7-14,19H,15H2,1-6H3/t19-,23+/m1/s1. The molecule has 0 aliphatic carbocycles. The fourth-order valence-electron chi connectivity index (χ4n) is 3.44. The Bertz CT molecular complexity index is 845. The van der Waals surface area contributed by atoms with E-state index < -0.39 is 11.5 Å². The molecule has 2 atom stereocenters. The monoisotopic (exact) mass is 372 g/mol. The van der Waals surface area contributed by atoms with Crippen LogP contribution in [0.5, 0.6) is 0 Å². The van der Waals surface area contributed by atoms with Gasteiger partial charge in [-0.15, -0.1) is 0 Å². The third-order valence-corrected chi connectivity index (χ3v) is 4.69. The first-order valence-electron chi connectivity index (χ1n) is 9.35. The SMILES string of the molecule is CO[C@@]1(c2ccc3ccccc3c2)C[C@H](OC(C)(C)C)C=C(C(C)(C)F)O1. The second kappa shape index (κ2) is 6.92. The van der Waals surface area contributed by atoms with E-state index in [1.165, 1.54) is 13.8 Å². The first-order valence-corrected chi connectivity index (χ1v) is 9.35. The Labute approximate surface area is 161 Å². The molecule has 3 rings (SSSR count). The Kier molecular flexibility index (Phi) is 5.08. The summed E-state index contributed by atoms with van der Waals surface area (Å²) in [4.78, 5) is 0. The molecule has 0 amide bonds. The number of halogens is 1. The fourth-order valence-corrected chi connectivity index (χ4v) is 3.44. The van der Waals surface area contributed by atoms with E-state index >= 15 is 0 Å². The molecule has 1 heterocycles. The Morgan fingerprint density at radius 1 is 1.04 bits per heavy atom. The van der Waals surface area contributed by atoms with Crippen molar-refractivity contribution < 1.29 is 18.6 Å². The Morgan fingerprint density at radius 2 is 1.70 bits per heavy atom. The Balaban J connectivity index is 2.07. The second-order valence-electron chi connectivity index (χ2n) is 8.60. The highest BCUT2D eigenvalue weighted by atomic mass is 19.1. The predicted molar refractivity (Wildman–Crippen MR) is 106 cm³/mol. The number of hydrogen-bond donors (Lipinski definition) is 0. The Hall–Kier alpha value is -1.91. The third-order valence-electron chi connectivity index (χ3n) is 4.69. The maximum absolute atomic E-state index is 14.8. The van der Waals surface area contributed by atoms with Crippen molar-refractivity contribution in [2.24, 2.45) is 0 Å². The van der Waals surface area contributed by atoms with Crippen molar-refractivity contribution in [2.75, 3.05) is 7.11 Å². The van der Waals surface area contributed by atoms with Crippen molar-refractivity contribution >= 4 is 10.8 Å². The van der Waals surface area contributed by atoms with Gasteiger partial charge in [0.25, 0.3) is 0 Å². The van der Waals surface area contributed by atoms with Crippen LogP contribution in [0.3, 0.4) is 0 Å². The average molecular weight is 372 g/mol. The van der Waals surface area contributed by atoms with E-state index in [4.69, 9.17) is 14.2 Å². The van der Waals surface area contributed by atoms with Gasteiger partial charge in [0, 0.05) is 19.1 Å². The van der Waals surface area contributed by atoms with Crippen LogP contribution >= 0.6 is 0 Å². The van der Waals surface area contributed by atoms with Crippen molar-refractivity contribution in [1.29, 1.82) is 0 Å². The van der Waals surface area contributed by atoms with Gasteiger partial charge >= 0.3 is 0 Å². The summed E-state index contributed by atoms with van der Waals surface area (Å²) in [5, 5.41) is 2.21. The summed E-state index contributed by atoms with van der Waals surface area (Å²) in [6, 6.07) is 14.2. The zero-order chi connectivity index (χ0) is 19.9. The normalized spacial score (nSPS) is 23.8. The molecule has 0 spiro atoms. The molecule has 2 aromatic carbocycles. The number of alkyl halides is 1. The molecule has 1 aliphatic heterocycles. The van der Waals surface area contributed by atoms with Crippen LogP contribution in [-0.2, 0) is 20.0 Å². The van der Waals surface area contributed by atoms with Crippen LogP contribution in [0, 0.1) is 0 Å². The number of rotatable bonds is 4. The summed E-state index contributed by atoms with van der Waals surface area (Å²) in [6.45, 7) is 8.93. The number of hydrogen-bond acceptors (Lipinski definition) is 3. The largest absolute Gasteiger partial charge is 0.459 e. The van der Waals surface area contributed by atoms with E-state index in [-0.39, 0.29) is 17.5 Å². The van der Waals surface area contributed by atoms with Gasteiger partial charge in [0.15, 0.2) is 5.67 Å². The van der Waals surface area contributed by atoms with E-state index in [0.29, 0.717) is 6.42 Å². The Morgan fingerprint density at radius 3 is 2.30 bits per heavy atom. The molecule has 0 aromatic heterocycles. The topological polar surface area (TPSA) is 27.7 Å². The lowest BCUT2D eigenvalue weighted by Crippen LogP contribution is -2.44. The van der Waals surface area contributed by atoms with Gasteiger partial charge < -0.3 is 14.2 Å². The molecule has 0 unspecified atom stereocenters. The molecular formula is C23H29FO3. The van der Waals surface area contributed by atoms with Crippen LogP contribution in [0.15, 0.2) is 54.3 Å². The number of ether oxygens (including phenoxy) is 3. The minimum absolute atomic E-state index is 0.234. The molecule has 0 fully saturated rings. The lowest BCUT2D eigenvalue weighted by molar-refractivity contribution is -0.249. The van der Waals surface area contributed by atoms with Gasteiger partial charge in [0.2, 0.25) is 5.79 Å². The lowest BCUT2D eigenvalue weighted by Gasteiger charge is -2.43. The molecule has 0 saturated carbocycles. The number of fused-ring (bicyclic) bond motifs is 1. The van der Waals surface area contributed by atoms with Crippen molar-refractivity contribution in [3.8, 4) is 0 Å². The third kappa shape index (κ3) is 4.33. The highest BCUT2D eigenvalue weighted by Gasteiger charge is 2.45. The summed E-state index contributed by atoms with van der Waals surface area (Å²) in [7, 11) is 1.59. The number of methoxy groups -OCH3 is 1. The van der Waals surface area contributed by atoms with Gasteiger partial charge in [-0.05, 0) is 57.5 Å². The summed E-state index contributed by atoms with van der Waals surface area (Å²) in [6.07, 6.45) is 1.86. The van der Waals surface area contributed by atoms with Gasteiger partial charge in [0.1, 0.15) is 5.76 Å². The molecular weight excluding hydrogens is 343 g/mol. The van der Waals surface area contributed by atoms with Crippen LogP contribution < -0.4 is 0 Å². The smallest absolute Gasteiger partial charge is 0.239 e. The molecule has 0 radical (unpaired) electrons. The number of allylic oxidation sites excluding steroid dienone is 1. The molecule has 27 heavy (non-hydrogen) atoms. The highest BCUT2D eigenvalue weighted by Crippen LogP contribution is 2.43. The molecule has 4 heteroatoms. The lowest BCUT2D eigenvalue weighted by atomic mass is 9.92. The van der Waals surface area contributed by atoms with Crippen molar-refractivity contribution in [3.05, 3.63) is 59.9 Å². The molecule has 146 valence electrons. The first-order chi connectivity index (χ1) is 12.5. The molecule has 1 aliphatic rings. The van der Waals surface area contributed by atoms with Crippen molar-refractivity contribution in [3.63, 3.8) is 0 Å². The van der Waals surface area contributed by atoms with E-state index in [2.05, 4.69) is 6.07 Å². The van der Waals surface area contributed by atoms with Gasteiger partial charge in [-0.3, -0.25) is 0 Å². The van der Waals surface area contributed by atoms with E-state index in [1.54, 1.807) is 13.2 Å². The zero-order valence-electron chi connectivity index (χ0n) is 17.0. The molecule has 3 nitrogen and oxygen atoms in total. The second-order valence-corrected chi connectivity index (χ2v) is 8.60. The van der Waals surface area contributed by atoms with Crippen LogP contribution in [0.1, 0.15) is 46.6 Å².